The molecule has 12 heteroatoms. The molecule has 0 aliphatic heterocycles. The number of aliphatic hydroxyl groups excluding tert-OH is 1. The summed E-state index contributed by atoms with van der Waals surface area (Å²) in [7, 11) is -4.76. The highest BCUT2D eigenvalue weighted by molar-refractivity contribution is 7.47. The average Bonchev–Trinajstić information content (AvgIpc) is 3.39. The summed E-state index contributed by atoms with van der Waals surface area (Å²) >= 11 is 0. The number of hydrogen-bond donors (Lipinski definition) is 2. The fourth-order valence-electron chi connectivity index (χ4n) is 8.09. The maximum atomic E-state index is 12.9. The van der Waals surface area contributed by atoms with Gasteiger partial charge < -0.3 is 24.2 Å². The van der Waals surface area contributed by atoms with Gasteiger partial charge in [0.1, 0.15) is 12.7 Å². The normalized spacial score (nSPS) is 13.9. The lowest BCUT2D eigenvalue weighted by atomic mass is 10.0. The smallest absolute Gasteiger partial charge is 0.462 e. The number of rotatable bonds is 55. The SMILES string of the molecule is CC/C=C\C/C=C\C/C=C\C/C=C\CCCCC(=O)OC(COC(=O)CCCCCCCCCCCCCCCCCCCCC)COP(=O)(O)OCC(CO)OC(=O)CCCCCCC/C=C\C/C=C\CCC. The first-order valence-corrected chi connectivity index (χ1v) is 31.3. The lowest BCUT2D eigenvalue weighted by Crippen LogP contribution is -2.30. The van der Waals surface area contributed by atoms with Gasteiger partial charge in [0.2, 0.25) is 0 Å². The van der Waals surface area contributed by atoms with Crippen molar-refractivity contribution in [1.82, 2.24) is 0 Å². The van der Waals surface area contributed by atoms with Crippen molar-refractivity contribution in [2.24, 2.45) is 0 Å². The Labute approximate surface area is 452 Å². The Morgan fingerprint density at radius 1 is 0.392 bits per heavy atom. The second kappa shape index (κ2) is 56.1. The maximum absolute atomic E-state index is 12.9. The van der Waals surface area contributed by atoms with Crippen molar-refractivity contribution in [2.45, 2.75) is 277 Å². The molecule has 0 fully saturated rings. The molecule has 2 N–H and O–H groups in total. The van der Waals surface area contributed by atoms with E-state index in [0.29, 0.717) is 19.3 Å². The van der Waals surface area contributed by atoms with Gasteiger partial charge in [0.15, 0.2) is 6.10 Å². The Morgan fingerprint density at radius 3 is 1.16 bits per heavy atom. The van der Waals surface area contributed by atoms with E-state index in [4.69, 9.17) is 23.3 Å². The minimum atomic E-state index is -4.76. The number of allylic oxidation sites excluding steroid dienone is 12. The molecule has 0 aliphatic rings. The molecule has 0 aliphatic carbocycles. The van der Waals surface area contributed by atoms with Gasteiger partial charge in [-0.3, -0.25) is 23.4 Å². The third-order valence-electron chi connectivity index (χ3n) is 12.6. The van der Waals surface area contributed by atoms with E-state index in [-0.39, 0.29) is 25.9 Å². The summed E-state index contributed by atoms with van der Waals surface area (Å²) in [6, 6.07) is 0. The molecular formula is C62H109O11P. The van der Waals surface area contributed by atoms with E-state index in [9.17, 15) is 28.9 Å². The van der Waals surface area contributed by atoms with Gasteiger partial charge >= 0.3 is 25.7 Å². The Morgan fingerprint density at radius 2 is 0.730 bits per heavy atom. The highest BCUT2D eigenvalue weighted by Gasteiger charge is 2.28. The first kappa shape index (κ1) is 70.9. The van der Waals surface area contributed by atoms with Crippen LogP contribution in [0.25, 0.3) is 0 Å². The number of aliphatic hydroxyl groups is 1. The summed E-state index contributed by atoms with van der Waals surface area (Å²) in [5, 5.41) is 9.81. The van der Waals surface area contributed by atoms with Crippen LogP contribution >= 0.6 is 7.82 Å². The zero-order valence-electron chi connectivity index (χ0n) is 47.3. The molecule has 0 saturated carbocycles. The number of hydrogen-bond acceptors (Lipinski definition) is 10. The van der Waals surface area contributed by atoms with Gasteiger partial charge in [0.25, 0.3) is 0 Å². The molecule has 11 nitrogen and oxygen atoms in total. The van der Waals surface area contributed by atoms with Gasteiger partial charge in [0.05, 0.1) is 19.8 Å². The summed E-state index contributed by atoms with van der Waals surface area (Å²) in [6.07, 6.45) is 63.0. The second-order valence-electron chi connectivity index (χ2n) is 19.8. The molecule has 0 heterocycles. The summed E-state index contributed by atoms with van der Waals surface area (Å²) in [6.45, 7) is 4.43. The molecule has 3 unspecified atom stereocenters. The number of esters is 3. The van der Waals surface area contributed by atoms with Crippen LogP contribution in [-0.4, -0.2) is 66.5 Å². The largest absolute Gasteiger partial charge is 0.472 e. The van der Waals surface area contributed by atoms with Crippen LogP contribution in [0.3, 0.4) is 0 Å². The molecule has 0 bridgehead atoms. The van der Waals surface area contributed by atoms with Crippen molar-refractivity contribution >= 4 is 25.7 Å². The van der Waals surface area contributed by atoms with Crippen molar-refractivity contribution in [1.29, 1.82) is 0 Å². The Balaban J connectivity index is 4.74. The molecule has 0 rings (SSSR count). The van der Waals surface area contributed by atoms with Crippen molar-refractivity contribution < 1.29 is 52.2 Å². The Bertz CT molecular complexity index is 1520. The van der Waals surface area contributed by atoms with E-state index in [1.54, 1.807) is 0 Å². The van der Waals surface area contributed by atoms with E-state index in [0.717, 1.165) is 109 Å². The number of carbonyl (C=O) groups excluding carboxylic acids is 3. The van der Waals surface area contributed by atoms with Crippen LogP contribution in [-0.2, 0) is 42.2 Å². The molecule has 0 radical (unpaired) electrons. The third-order valence-corrected chi connectivity index (χ3v) is 13.5. The van der Waals surface area contributed by atoms with Crippen LogP contribution < -0.4 is 0 Å². The van der Waals surface area contributed by atoms with Gasteiger partial charge in [-0.1, -0.05) is 235 Å². The topological polar surface area (TPSA) is 155 Å². The highest BCUT2D eigenvalue weighted by Crippen LogP contribution is 2.43. The fourth-order valence-corrected chi connectivity index (χ4v) is 8.88. The highest BCUT2D eigenvalue weighted by atomic mass is 31.2. The van der Waals surface area contributed by atoms with Crippen LogP contribution in [0.1, 0.15) is 265 Å². The number of phosphoric ester groups is 1. The summed E-state index contributed by atoms with van der Waals surface area (Å²) in [5.74, 6) is -1.52. The van der Waals surface area contributed by atoms with Crippen LogP contribution in [0, 0.1) is 0 Å². The molecule has 0 aromatic heterocycles. The molecule has 0 aromatic rings. The first-order valence-electron chi connectivity index (χ1n) is 29.8. The van der Waals surface area contributed by atoms with E-state index in [1.165, 1.54) is 96.3 Å². The lowest BCUT2D eigenvalue weighted by Gasteiger charge is -2.21. The van der Waals surface area contributed by atoms with Crippen LogP contribution in [0.2, 0.25) is 0 Å². The second-order valence-corrected chi connectivity index (χ2v) is 21.2. The monoisotopic (exact) mass is 1060 g/mol. The molecule has 0 amide bonds. The minimum absolute atomic E-state index is 0.114. The van der Waals surface area contributed by atoms with E-state index in [2.05, 4.69) is 93.7 Å². The molecule has 3 atom stereocenters. The zero-order chi connectivity index (χ0) is 54.1. The molecular weight excluding hydrogens is 952 g/mol. The van der Waals surface area contributed by atoms with Gasteiger partial charge in [-0.05, 0) is 83.5 Å². The molecule has 0 saturated heterocycles. The minimum Gasteiger partial charge on any atom is -0.462 e. The fraction of sp³-hybridized carbons (Fsp3) is 0.758. The molecule has 74 heavy (non-hydrogen) atoms. The van der Waals surface area contributed by atoms with Crippen molar-refractivity contribution in [2.75, 3.05) is 26.4 Å². The van der Waals surface area contributed by atoms with E-state index >= 15 is 0 Å². The maximum Gasteiger partial charge on any atom is 0.472 e. The summed E-state index contributed by atoms with van der Waals surface area (Å²) in [5.41, 5.74) is 0. The van der Waals surface area contributed by atoms with Gasteiger partial charge in [-0.15, -0.1) is 0 Å². The van der Waals surface area contributed by atoms with Gasteiger partial charge in [0, 0.05) is 19.3 Å². The number of ether oxygens (including phenoxy) is 3. The number of carbonyl (C=O) groups is 3. The van der Waals surface area contributed by atoms with E-state index in [1.807, 2.05) is 0 Å². The van der Waals surface area contributed by atoms with Crippen LogP contribution in [0.15, 0.2) is 72.9 Å². The Hall–Kier alpha value is -3.08. The number of phosphoric acid groups is 1. The predicted molar refractivity (Wildman–Crippen MR) is 307 cm³/mol. The average molecular weight is 1060 g/mol. The number of unbranched alkanes of at least 4 members (excludes halogenated alkanes) is 26. The molecule has 0 spiro atoms. The standard InChI is InChI=1S/C62H109O11P/c1-4-7-10-13-16-19-22-25-27-28-29-30-32-34-36-39-42-45-48-51-60(64)69-55-59(73-62(66)53-50-47-44-41-38-35-31-26-23-20-17-14-11-8-5-2)57-71-74(67,68)70-56-58(54-63)72-61(65)52-49-46-43-40-37-33-24-21-18-15-12-9-6-3/h8,11-12,15,17,20-21,24,26,31,38,41,58-59,63H,4-7,9-10,13-14,16,18-19,22-23,25,27-30,32-37,39-40,42-57H2,1-3H3,(H,67,68)/b11-8-,15-12-,20-17-,24-21-,31-26-,41-38-. The zero-order valence-corrected chi connectivity index (χ0v) is 48.2. The van der Waals surface area contributed by atoms with Gasteiger partial charge in [-0.25, -0.2) is 4.57 Å². The van der Waals surface area contributed by atoms with E-state index < -0.39 is 57.8 Å². The van der Waals surface area contributed by atoms with Crippen molar-refractivity contribution in [3.63, 3.8) is 0 Å². The quantitative estimate of drug-likeness (QED) is 0.0197. The van der Waals surface area contributed by atoms with Crippen molar-refractivity contribution in [3.05, 3.63) is 72.9 Å². The first-order chi connectivity index (χ1) is 36.2. The Kier molecular flexibility index (Phi) is 53.8. The predicted octanol–water partition coefficient (Wildman–Crippen LogP) is 17.7. The summed E-state index contributed by atoms with van der Waals surface area (Å²) in [4.78, 5) is 48.5. The van der Waals surface area contributed by atoms with Crippen molar-refractivity contribution in [3.8, 4) is 0 Å². The summed E-state index contributed by atoms with van der Waals surface area (Å²) < 4.78 is 39.5. The third kappa shape index (κ3) is 53.7. The lowest BCUT2D eigenvalue weighted by molar-refractivity contribution is -0.161. The van der Waals surface area contributed by atoms with Gasteiger partial charge in [-0.2, -0.15) is 0 Å². The van der Waals surface area contributed by atoms with Crippen LogP contribution in [0.4, 0.5) is 0 Å². The molecule has 0 aromatic carbocycles. The van der Waals surface area contributed by atoms with Crippen LogP contribution in [0.5, 0.6) is 0 Å². The molecule has 428 valence electrons.